The van der Waals surface area contributed by atoms with Gasteiger partial charge >= 0.3 is 0 Å². The summed E-state index contributed by atoms with van der Waals surface area (Å²) in [7, 11) is -3.37. The minimum Gasteiger partial charge on any atom is -0.310 e. The predicted molar refractivity (Wildman–Crippen MR) is 83.6 cm³/mol. The summed E-state index contributed by atoms with van der Waals surface area (Å²) >= 11 is 0. The quantitative estimate of drug-likeness (QED) is 0.775. The Hall–Kier alpha value is -0.910. The van der Waals surface area contributed by atoms with Crippen LogP contribution in [0.2, 0.25) is 0 Å². The van der Waals surface area contributed by atoms with Gasteiger partial charge in [0.1, 0.15) is 0 Å². The molecule has 2 saturated carbocycles. The highest BCUT2D eigenvalue weighted by atomic mass is 32.2. The maximum atomic E-state index is 12.3. The first-order chi connectivity index (χ1) is 10.0. The molecule has 0 radical (unpaired) electrons. The molecule has 0 unspecified atom stereocenters. The molecule has 2 N–H and O–H groups in total. The molecular formula is C16H24N2O2S. The van der Waals surface area contributed by atoms with E-state index in [4.69, 9.17) is 0 Å². The molecule has 1 aromatic rings. The van der Waals surface area contributed by atoms with Gasteiger partial charge in [-0.3, -0.25) is 0 Å². The van der Waals surface area contributed by atoms with Crippen LogP contribution in [-0.2, 0) is 16.6 Å². The maximum Gasteiger partial charge on any atom is 0.240 e. The summed E-state index contributed by atoms with van der Waals surface area (Å²) in [6, 6.07) is 6.04. The summed E-state index contributed by atoms with van der Waals surface area (Å²) in [5.41, 5.74) is 2.21. The number of rotatable bonds is 8. The third-order valence-electron chi connectivity index (χ3n) is 4.33. The first-order valence-electron chi connectivity index (χ1n) is 7.87. The molecule has 0 saturated heterocycles. The van der Waals surface area contributed by atoms with Crippen molar-refractivity contribution >= 4 is 10.0 Å². The van der Waals surface area contributed by atoms with E-state index in [-0.39, 0.29) is 0 Å². The Morgan fingerprint density at radius 2 is 1.95 bits per heavy atom. The van der Waals surface area contributed by atoms with Gasteiger partial charge < -0.3 is 5.32 Å². The van der Waals surface area contributed by atoms with Crippen LogP contribution >= 0.6 is 0 Å². The van der Waals surface area contributed by atoms with Crippen molar-refractivity contribution < 1.29 is 8.42 Å². The van der Waals surface area contributed by atoms with Crippen LogP contribution in [0.15, 0.2) is 23.1 Å². The monoisotopic (exact) mass is 308 g/mol. The summed E-state index contributed by atoms with van der Waals surface area (Å²) in [6.07, 6.45) is 5.94. The first kappa shape index (κ1) is 15.0. The highest BCUT2D eigenvalue weighted by Gasteiger charge is 2.23. The number of hydrogen-bond donors (Lipinski definition) is 2. The molecule has 2 fully saturated rings. The van der Waals surface area contributed by atoms with Crippen molar-refractivity contribution in [2.45, 2.75) is 56.5 Å². The van der Waals surface area contributed by atoms with E-state index in [1.54, 1.807) is 6.07 Å². The summed E-state index contributed by atoms with van der Waals surface area (Å²) in [5.74, 6) is 0.740. The van der Waals surface area contributed by atoms with Gasteiger partial charge in [-0.15, -0.1) is 0 Å². The lowest BCUT2D eigenvalue weighted by Crippen LogP contribution is -2.25. The molecule has 116 valence electrons. The van der Waals surface area contributed by atoms with Gasteiger partial charge in [0.2, 0.25) is 10.0 Å². The van der Waals surface area contributed by atoms with Gasteiger partial charge in [0, 0.05) is 19.1 Å². The number of aryl methyl sites for hydroxylation is 1. The second-order valence-electron chi connectivity index (χ2n) is 6.37. The van der Waals surface area contributed by atoms with E-state index < -0.39 is 10.0 Å². The maximum absolute atomic E-state index is 12.3. The van der Waals surface area contributed by atoms with Crippen molar-refractivity contribution in [3.63, 3.8) is 0 Å². The van der Waals surface area contributed by atoms with Crippen molar-refractivity contribution in [2.24, 2.45) is 5.92 Å². The number of benzene rings is 1. The van der Waals surface area contributed by atoms with Crippen LogP contribution < -0.4 is 10.0 Å². The van der Waals surface area contributed by atoms with Gasteiger partial charge in [0.15, 0.2) is 0 Å². The molecule has 5 heteroatoms. The zero-order chi connectivity index (χ0) is 14.9. The third kappa shape index (κ3) is 4.28. The lowest BCUT2D eigenvalue weighted by atomic mass is 10.1. The Morgan fingerprint density at radius 1 is 1.19 bits per heavy atom. The topological polar surface area (TPSA) is 58.2 Å². The average Bonchev–Trinajstić information content (AvgIpc) is 3.32. The molecule has 0 spiro atoms. The SMILES string of the molecule is Cc1ccc(S(=O)(=O)NCCC2CC2)cc1CNC1CC1. The fraction of sp³-hybridized carbons (Fsp3) is 0.625. The molecule has 4 nitrogen and oxygen atoms in total. The molecule has 2 aliphatic rings. The van der Waals surface area contributed by atoms with Crippen molar-refractivity contribution in [2.75, 3.05) is 6.54 Å². The molecule has 0 bridgehead atoms. The lowest BCUT2D eigenvalue weighted by molar-refractivity contribution is 0.575. The number of sulfonamides is 1. The van der Waals surface area contributed by atoms with Gasteiger partial charge in [-0.25, -0.2) is 13.1 Å². The normalized spacial score (nSPS) is 18.9. The molecule has 0 amide bonds. The van der Waals surface area contributed by atoms with Crippen LogP contribution in [0.1, 0.15) is 43.2 Å². The van der Waals surface area contributed by atoms with Crippen molar-refractivity contribution in [1.29, 1.82) is 0 Å². The van der Waals surface area contributed by atoms with Crippen molar-refractivity contribution in [1.82, 2.24) is 10.0 Å². The molecule has 0 aliphatic heterocycles. The molecule has 0 aromatic heterocycles. The lowest BCUT2D eigenvalue weighted by Gasteiger charge is -2.11. The second kappa shape index (κ2) is 6.07. The van der Waals surface area contributed by atoms with E-state index in [9.17, 15) is 8.42 Å². The second-order valence-corrected chi connectivity index (χ2v) is 8.14. The Bertz CT molecular complexity index is 605. The van der Waals surface area contributed by atoms with E-state index in [2.05, 4.69) is 10.0 Å². The van der Waals surface area contributed by atoms with E-state index in [0.29, 0.717) is 17.5 Å². The minimum atomic E-state index is -3.37. The first-order valence-corrected chi connectivity index (χ1v) is 9.35. The van der Waals surface area contributed by atoms with Gasteiger partial charge in [0.25, 0.3) is 0 Å². The highest BCUT2D eigenvalue weighted by Crippen LogP contribution is 2.31. The van der Waals surface area contributed by atoms with Gasteiger partial charge in [-0.1, -0.05) is 18.9 Å². The summed E-state index contributed by atoms with van der Waals surface area (Å²) in [4.78, 5) is 0.386. The molecule has 2 aliphatic carbocycles. The third-order valence-corrected chi connectivity index (χ3v) is 5.79. The largest absolute Gasteiger partial charge is 0.310 e. The van der Waals surface area contributed by atoms with E-state index in [1.807, 2.05) is 19.1 Å². The summed E-state index contributed by atoms with van der Waals surface area (Å²) < 4.78 is 27.4. The van der Waals surface area contributed by atoms with Crippen LogP contribution in [0.5, 0.6) is 0 Å². The Balaban J connectivity index is 1.65. The smallest absolute Gasteiger partial charge is 0.240 e. The Morgan fingerprint density at radius 3 is 2.62 bits per heavy atom. The Kier molecular flexibility index (Phi) is 4.33. The predicted octanol–water partition coefficient (Wildman–Crippen LogP) is 2.33. The van der Waals surface area contributed by atoms with Crippen LogP contribution in [0.3, 0.4) is 0 Å². The minimum absolute atomic E-state index is 0.386. The van der Waals surface area contributed by atoms with Crippen LogP contribution in [0, 0.1) is 12.8 Å². The van der Waals surface area contributed by atoms with Crippen LogP contribution in [-0.4, -0.2) is 21.0 Å². The standard InChI is InChI=1S/C16H24N2O2S/c1-12-2-7-16(10-14(12)11-17-15-5-6-15)21(19,20)18-9-8-13-3-4-13/h2,7,10,13,15,17-18H,3-6,8-9,11H2,1H3. The molecule has 1 aromatic carbocycles. The fourth-order valence-corrected chi connectivity index (χ4v) is 3.53. The number of nitrogens with one attached hydrogen (secondary N) is 2. The van der Waals surface area contributed by atoms with Crippen LogP contribution in [0.4, 0.5) is 0 Å². The van der Waals surface area contributed by atoms with Crippen LogP contribution in [0.25, 0.3) is 0 Å². The Labute approximate surface area is 127 Å². The molecular weight excluding hydrogens is 284 g/mol. The fourth-order valence-electron chi connectivity index (χ4n) is 2.43. The van der Waals surface area contributed by atoms with E-state index in [1.165, 1.54) is 25.7 Å². The zero-order valence-corrected chi connectivity index (χ0v) is 13.4. The summed E-state index contributed by atoms with van der Waals surface area (Å²) in [5, 5.41) is 3.44. The molecule has 0 heterocycles. The van der Waals surface area contributed by atoms with E-state index in [0.717, 1.165) is 30.0 Å². The van der Waals surface area contributed by atoms with Gasteiger partial charge in [-0.05, 0) is 55.4 Å². The van der Waals surface area contributed by atoms with Gasteiger partial charge in [0.05, 0.1) is 4.90 Å². The average molecular weight is 308 g/mol. The number of hydrogen-bond acceptors (Lipinski definition) is 3. The van der Waals surface area contributed by atoms with E-state index >= 15 is 0 Å². The highest BCUT2D eigenvalue weighted by molar-refractivity contribution is 7.89. The van der Waals surface area contributed by atoms with Gasteiger partial charge in [-0.2, -0.15) is 0 Å². The molecule has 21 heavy (non-hydrogen) atoms. The summed E-state index contributed by atoms with van der Waals surface area (Å²) in [6.45, 7) is 3.33. The van der Waals surface area contributed by atoms with Crippen molar-refractivity contribution in [3.8, 4) is 0 Å². The van der Waals surface area contributed by atoms with Crippen molar-refractivity contribution in [3.05, 3.63) is 29.3 Å². The molecule has 3 rings (SSSR count). The molecule has 0 atom stereocenters. The zero-order valence-electron chi connectivity index (χ0n) is 12.6.